The Morgan fingerprint density at radius 3 is 2.48 bits per heavy atom. The topological polar surface area (TPSA) is 95.7 Å². The molecular weight excluding hydrogens is 317 g/mol. The highest BCUT2D eigenvalue weighted by molar-refractivity contribution is 6.37. The van der Waals surface area contributed by atoms with Crippen molar-refractivity contribution in [2.24, 2.45) is 5.73 Å². The van der Waals surface area contributed by atoms with Gasteiger partial charge in [0.25, 0.3) is 0 Å². The summed E-state index contributed by atoms with van der Waals surface area (Å²) in [4.78, 5) is 25.0. The van der Waals surface area contributed by atoms with Crippen LogP contribution < -0.4 is 11.1 Å². The Balaban J connectivity index is 2.19. The first kappa shape index (κ1) is 15.9. The Morgan fingerprint density at radius 2 is 1.90 bits per heavy atom. The fraction of sp³-hybridized carbons (Fsp3) is 0.385. The highest BCUT2D eigenvalue weighted by Gasteiger charge is 2.23. The van der Waals surface area contributed by atoms with E-state index in [0.29, 0.717) is 25.9 Å². The highest BCUT2D eigenvalue weighted by atomic mass is 35.5. The number of nitrogens with one attached hydrogen (secondary N) is 1. The van der Waals surface area contributed by atoms with E-state index in [-0.39, 0.29) is 27.3 Å². The largest absolute Gasteiger partial charge is 0.478 e. The maximum absolute atomic E-state index is 12.2. The van der Waals surface area contributed by atoms with Gasteiger partial charge in [-0.05, 0) is 25.0 Å². The van der Waals surface area contributed by atoms with E-state index in [9.17, 15) is 14.7 Å². The van der Waals surface area contributed by atoms with Gasteiger partial charge >= 0.3 is 12.0 Å². The summed E-state index contributed by atoms with van der Waals surface area (Å²) >= 11 is 11.8. The number of urea groups is 1. The molecule has 0 unspecified atom stereocenters. The number of nitrogens with zero attached hydrogens (tertiary/aromatic N) is 1. The summed E-state index contributed by atoms with van der Waals surface area (Å²) in [6, 6.07) is 2.34. The maximum atomic E-state index is 12.2. The van der Waals surface area contributed by atoms with Gasteiger partial charge in [-0.15, -0.1) is 0 Å². The quantitative estimate of drug-likeness (QED) is 0.776. The van der Waals surface area contributed by atoms with Gasteiger partial charge < -0.3 is 21.1 Å². The van der Waals surface area contributed by atoms with Crippen LogP contribution in [0.25, 0.3) is 0 Å². The molecule has 2 rings (SSSR count). The van der Waals surface area contributed by atoms with Crippen LogP contribution in [0.15, 0.2) is 12.1 Å². The molecule has 6 nitrogen and oxygen atoms in total. The summed E-state index contributed by atoms with van der Waals surface area (Å²) in [6.45, 7) is 1.06. The Kier molecular flexibility index (Phi) is 4.92. The van der Waals surface area contributed by atoms with Crippen LogP contribution in [0.2, 0.25) is 10.0 Å². The van der Waals surface area contributed by atoms with Crippen LogP contribution in [-0.4, -0.2) is 41.1 Å². The van der Waals surface area contributed by atoms with Gasteiger partial charge in [0.15, 0.2) is 0 Å². The monoisotopic (exact) mass is 331 g/mol. The number of anilines is 1. The van der Waals surface area contributed by atoms with Gasteiger partial charge in [0.05, 0.1) is 16.3 Å². The summed E-state index contributed by atoms with van der Waals surface area (Å²) in [5, 5.41) is 12.0. The highest BCUT2D eigenvalue weighted by Crippen LogP contribution is 2.30. The third-order valence-corrected chi connectivity index (χ3v) is 3.86. The first-order chi connectivity index (χ1) is 9.88. The first-order valence-electron chi connectivity index (χ1n) is 6.42. The van der Waals surface area contributed by atoms with Crippen molar-refractivity contribution in [1.82, 2.24) is 4.90 Å². The summed E-state index contributed by atoms with van der Waals surface area (Å²) in [5.41, 5.74) is 5.69. The molecule has 8 heteroatoms. The van der Waals surface area contributed by atoms with Crippen molar-refractivity contribution < 1.29 is 14.7 Å². The summed E-state index contributed by atoms with van der Waals surface area (Å²) in [5.74, 6) is -1.21. The van der Waals surface area contributed by atoms with Crippen molar-refractivity contribution in [2.75, 3.05) is 18.4 Å². The molecular formula is C13H15Cl2N3O3. The Labute approximate surface area is 131 Å². The van der Waals surface area contributed by atoms with E-state index in [0.717, 1.165) is 0 Å². The molecule has 0 bridgehead atoms. The zero-order valence-corrected chi connectivity index (χ0v) is 12.6. The minimum Gasteiger partial charge on any atom is -0.478 e. The molecule has 1 aliphatic heterocycles. The van der Waals surface area contributed by atoms with Crippen molar-refractivity contribution in [3.63, 3.8) is 0 Å². The van der Waals surface area contributed by atoms with Crippen LogP contribution in [0.5, 0.6) is 0 Å². The molecule has 0 saturated carbocycles. The number of carboxylic acid groups (broad SMARTS) is 1. The third kappa shape index (κ3) is 3.78. The fourth-order valence-corrected chi connectivity index (χ4v) is 2.70. The third-order valence-electron chi connectivity index (χ3n) is 3.34. The normalized spacial score (nSPS) is 15.9. The predicted octanol–water partition coefficient (Wildman–Crippen LogP) is 2.65. The number of hydrogen-bond donors (Lipinski definition) is 3. The lowest BCUT2D eigenvalue weighted by Crippen LogP contribution is -2.44. The number of amides is 2. The lowest BCUT2D eigenvalue weighted by molar-refractivity contribution is 0.0698. The zero-order valence-electron chi connectivity index (χ0n) is 11.1. The molecule has 4 N–H and O–H groups in total. The number of benzene rings is 1. The molecule has 1 aromatic carbocycles. The van der Waals surface area contributed by atoms with Gasteiger partial charge in [0, 0.05) is 24.2 Å². The number of piperidine rings is 1. The fourth-order valence-electron chi connectivity index (χ4n) is 2.16. The van der Waals surface area contributed by atoms with Crippen molar-refractivity contribution in [2.45, 2.75) is 18.9 Å². The number of hydrogen-bond acceptors (Lipinski definition) is 3. The van der Waals surface area contributed by atoms with Crippen LogP contribution in [-0.2, 0) is 0 Å². The number of carboxylic acids is 1. The number of halogens is 2. The van der Waals surface area contributed by atoms with Crippen molar-refractivity contribution in [3.05, 3.63) is 27.7 Å². The average molecular weight is 332 g/mol. The lowest BCUT2D eigenvalue weighted by atomic mass is 10.1. The molecule has 0 aliphatic carbocycles. The molecule has 21 heavy (non-hydrogen) atoms. The molecule has 0 atom stereocenters. The first-order valence-corrected chi connectivity index (χ1v) is 7.18. The standard InChI is InChI=1S/C13H15Cl2N3O3/c14-7-5-9(12(19)20)11(10(15)6-7)17-13(21)18-3-1-8(16)2-4-18/h5-6,8H,1-4,16H2,(H,17,21)(H,19,20). The van der Waals surface area contributed by atoms with Crippen LogP contribution in [0.4, 0.5) is 10.5 Å². The number of aromatic carboxylic acids is 1. The SMILES string of the molecule is NC1CCN(C(=O)Nc2c(Cl)cc(Cl)cc2C(=O)O)CC1. The number of rotatable bonds is 2. The number of carbonyl (C=O) groups excluding carboxylic acids is 1. The minimum atomic E-state index is -1.21. The molecule has 0 radical (unpaired) electrons. The second-order valence-corrected chi connectivity index (χ2v) is 5.71. The van der Waals surface area contributed by atoms with Gasteiger partial charge in [0.1, 0.15) is 0 Å². The van der Waals surface area contributed by atoms with Crippen LogP contribution in [0.1, 0.15) is 23.2 Å². The summed E-state index contributed by atoms with van der Waals surface area (Å²) in [6.07, 6.45) is 1.43. The zero-order chi connectivity index (χ0) is 15.6. The number of likely N-dealkylation sites (tertiary alicyclic amines) is 1. The van der Waals surface area contributed by atoms with E-state index in [1.807, 2.05) is 0 Å². The Hall–Kier alpha value is -1.50. The van der Waals surface area contributed by atoms with E-state index >= 15 is 0 Å². The minimum absolute atomic E-state index is 0.0495. The van der Waals surface area contributed by atoms with Gasteiger partial charge in [0.2, 0.25) is 0 Å². The molecule has 1 saturated heterocycles. The molecule has 0 aromatic heterocycles. The number of nitrogens with two attached hydrogens (primary N) is 1. The maximum Gasteiger partial charge on any atom is 0.337 e. The van der Waals surface area contributed by atoms with E-state index in [4.69, 9.17) is 28.9 Å². The van der Waals surface area contributed by atoms with Crippen LogP contribution >= 0.6 is 23.2 Å². The molecule has 1 fully saturated rings. The van der Waals surface area contributed by atoms with Crippen molar-refractivity contribution in [1.29, 1.82) is 0 Å². The molecule has 2 amide bonds. The van der Waals surface area contributed by atoms with Gasteiger partial charge in [-0.25, -0.2) is 9.59 Å². The van der Waals surface area contributed by atoms with Crippen molar-refractivity contribution in [3.8, 4) is 0 Å². The molecule has 0 spiro atoms. The summed E-state index contributed by atoms with van der Waals surface area (Å²) in [7, 11) is 0. The molecule has 1 aromatic rings. The van der Waals surface area contributed by atoms with E-state index in [1.54, 1.807) is 4.90 Å². The predicted molar refractivity (Wildman–Crippen MR) is 81.2 cm³/mol. The number of carbonyl (C=O) groups is 2. The second-order valence-electron chi connectivity index (χ2n) is 4.87. The Morgan fingerprint density at radius 1 is 1.29 bits per heavy atom. The van der Waals surface area contributed by atoms with Crippen LogP contribution in [0.3, 0.4) is 0 Å². The van der Waals surface area contributed by atoms with Crippen molar-refractivity contribution >= 4 is 40.9 Å². The Bertz CT molecular complexity index is 572. The van der Waals surface area contributed by atoms with E-state index in [1.165, 1.54) is 12.1 Å². The van der Waals surface area contributed by atoms with E-state index < -0.39 is 12.0 Å². The second kappa shape index (κ2) is 6.51. The average Bonchev–Trinajstić information content (AvgIpc) is 2.41. The van der Waals surface area contributed by atoms with E-state index in [2.05, 4.69) is 5.32 Å². The lowest BCUT2D eigenvalue weighted by Gasteiger charge is -2.30. The smallest absolute Gasteiger partial charge is 0.337 e. The van der Waals surface area contributed by atoms with Gasteiger partial charge in [-0.2, -0.15) is 0 Å². The molecule has 114 valence electrons. The van der Waals surface area contributed by atoms with Gasteiger partial charge in [-0.3, -0.25) is 0 Å². The van der Waals surface area contributed by atoms with Gasteiger partial charge in [-0.1, -0.05) is 23.2 Å². The van der Waals surface area contributed by atoms with Crippen LogP contribution in [0, 0.1) is 0 Å². The summed E-state index contributed by atoms with van der Waals surface area (Å²) < 4.78 is 0. The molecule has 1 aliphatic rings. The molecule has 1 heterocycles.